The van der Waals surface area contributed by atoms with Crippen molar-refractivity contribution in [2.45, 2.75) is 176 Å². The highest BCUT2D eigenvalue weighted by Crippen LogP contribution is 2.51. The fourth-order valence-electron chi connectivity index (χ4n) is 14.7. The Morgan fingerprint density at radius 1 is 0.702 bits per heavy atom. The van der Waals surface area contributed by atoms with Crippen LogP contribution < -0.4 is 67.2 Å². The summed E-state index contributed by atoms with van der Waals surface area (Å²) in [5.74, 6) is -16.3. The molecular formula is C78H91Cl2N9O25. The Morgan fingerprint density at radius 2 is 1.32 bits per heavy atom. The van der Waals surface area contributed by atoms with E-state index in [9.17, 15) is 80.1 Å². The van der Waals surface area contributed by atoms with E-state index in [1.54, 1.807) is 12.1 Å². The number of fused-ring (bicyclic) bond motifs is 15. The zero-order chi connectivity index (χ0) is 82.6. The second-order valence-corrected chi connectivity index (χ2v) is 30.1. The maximum absolute atomic E-state index is 16.2. The van der Waals surface area contributed by atoms with Crippen molar-refractivity contribution in [3.05, 3.63) is 147 Å². The fraction of sp³-hybridized carbons (Fsp3) is 0.436. The standard InChI is InChI=1S/C78H91Cl2N9O25/c1-7-8-19-109-41-14-9-35(10-15-41)30-83-78(34(5)33(4)69(78)100)29-56(95)113-68-66(99)65(98)54(31-90)112-77(68)114-67-52-24-39-25-53(67)111-51-18-13-38(23-45(51)80)64(97)62-75(106)87-60(76(107)108)43-26-40(91)27-49(93)57(43)42-21-36(11-16-48(42)92)58(72(103)89-62)86-73(104)59(39)85-71(102)47(28-55(81)94)84-74(105)61(88-70(101)46(82-6)20-32(2)3)63(96)37-12-17-50(110-52)44(79)22-37/h9-18,21-27,32-34,46-47,54,56,58-66,68-69,77,82-83,90-93,95-100H,7-8,19-20,28-31H2,1-6H3,(H2,81,94)(H,84,105)(H,85,102)(H,86,104)(H,87,106)(H,88,101)(H,89,103)(H,107,108)/t33-,34?,46-,47+,54-,56+,58+,59-,60+,61-,62+,63-,64-,65?,66?,68-,69+,77+,78?/m1/s1. The monoisotopic (exact) mass is 1620 g/mol. The number of hydrogen-bond acceptors (Lipinski definition) is 26. The maximum Gasteiger partial charge on any atom is 0.330 e. The first-order valence-electron chi connectivity index (χ1n) is 36.8. The molecule has 7 aliphatic rings. The van der Waals surface area contributed by atoms with Gasteiger partial charge in [-0.2, -0.15) is 0 Å². The molecule has 0 spiro atoms. The number of nitrogens with one attached hydrogen (secondary N) is 8. The molecule has 11 bridgehead atoms. The number of rotatable bonds is 22. The number of hydrogen-bond donors (Lipinski definition) is 20. The maximum atomic E-state index is 16.2. The highest BCUT2D eigenvalue weighted by molar-refractivity contribution is 6.32. The van der Waals surface area contributed by atoms with Crippen molar-refractivity contribution in [3.63, 3.8) is 0 Å². The van der Waals surface area contributed by atoms with Crippen LogP contribution in [0.2, 0.25) is 10.0 Å². The van der Waals surface area contributed by atoms with Crippen molar-refractivity contribution in [3.8, 4) is 62.9 Å². The molecule has 36 heteroatoms. The Bertz CT molecular complexity index is 4610. The predicted octanol–water partition coefficient (Wildman–Crippen LogP) is 2.96. The molecule has 1 aliphatic carbocycles. The Labute approximate surface area is 662 Å². The number of carboxylic acids is 1. The molecule has 6 aromatic rings. The number of aromatic hydroxyl groups is 3. The van der Waals surface area contributed by atoms with Crippen LogP contribution in [0.15, 0.2) is 103 Å². The lowest BCUT2D eigenvalue weighted by Crippen LogP contribution is -2.72. The third-order valence-electron chi connectivity index (χ3n) is 21.1. The summed E-state index contributed by atoms with van der Waals surface area (Å²) in [6, 6.07) is 6.39. The Morgan fingerprint density at radius 3 is 1.92 bits per heavy atom. The van der Waals surface area contributed by atoms with Gasteiger partial charge in [0, 0.05) is 35.7 Å². The smallest absolute Gasteiger partial charge is 0.330 e. The molecule has 4 unspecified atom stereocenters. The molecule has 6 aromatic carbocycles. The summed E-state index contributed by atoms with van der Waals surface area (Å²) < 4.78 is 38.5. The summed E-state index contributed by atoms with van der Waals surface area (Å²) in [5, 5.41) is 148. The van der Waals surface area contributed by atoms with Gasteiger partial charge in [-0.3, -0.25) is 33.6 Å². The van der Waals surface area contributed by atoms with Gasteiger partial charge in [-0.15, -0.1) is 0 Å². The van der Waals surface area contributed by atoms with E-state index in [0.717, 1.165) is 85.1 Å². The number of amides is 7. The van der Waals surface area contributed by atoms with E-state index in [1.807, 2.05) is 46.8 Å². The third kappa shape index (κ3) is 18.1. The zero-order valence-electron chi connectivity index (χ0n) is 62.4. The Hall–Kier alpha value is -10.2. The van der Waals surface area contributed by atoms with Gasteiger partial charge in [-0.1, -0.05) is 94.6 Å². The predicted molar refractivity (Wildman–Crippen MR) is 403 cm³/mol. The van der Waals surface area contributed by atoms with E-state index in [2.05, 4.69) is 42.5 Å². The van der Waals surface area contributed by atoms with Crippen molar-refractivity contribution in [2.75, 3.05) is 20.3 Å². The van der Waals surface area contributed by atoms with Crippen LogP contribution in [-0.2, 0) is 54.4 Å². The first-order valence-corrected chi connectivity index (χ1v) is 37.6. The quantitative estimate of drug-likeness (QED) is 0.0343. The molecule has 0 aromatic heterocycles. The molecule has 0 radical (unpaired) electrons. The minimum Gasteiger partial charge on any atom is -0.508 e. The highest BCUT2D eigenvalue weighted by Gasteiger charge is 2.59. The molecule has 13 rings (SSSR count). The number of phenols is 3. The van der Waals surface area contributed by atoms with Gasteiger partial charge in [0.15, 0.2) is 29.9 Å². The second kappa shape index (κ2) is 35.7. The number of unbranched alkanes of at least 4 members (excludes halogenated alkanes) is 1. The van der Waals surface area contributed by atoms with Crippen LogP contribution >= 0.6 is 23.2 Å². The average molecular weight is 1630 g/mol. The summed E-state index contributed by atoms with van der Waals surface area (Å²) in [6.45, 7) is 9.00. The third-order valence-corrected chi connectivity index (χ3v) is 21.7. The van der Waals surface area contributed by atoms with Crippen molar-refractivity contribution in [1.82, 2.24) is 42.5 Å². The van der Waals surface area contributed by atoms with Gasteiger partial charge in [0.2, 0.25) is 53.4 Å². The molecule has 1 saturated heterocycles. The number of carbonyl (C=O) groups excluding carboxylic acids is 7. The largest absolute Gasteiger partial charge is 0.508 e. The molecule has 114 heavy (non-hydrogen) atoms. The van der Waals surface area contributed by atoms with Gasteiger partial charge in [-0.25, -0.2) is 4.79 Å². The van der Waals surface area contributed by atoms with Crippen molar-refractivity contribution < 1.29 is 123 Å². The van der Waals surface area contributed by atoms with Gasteiger partial charge in [0.1, 0.15) is 95.2 Å². The van der Waals surface area contributed by atoms with Crippen LogP contribution in [0.4, 0.5) is 0 Å². The first kappa shape index (κ1) is 84.7. The fourth-order valence-corrected chi connectivity index (χ4v) is 15.1. The topological polar surface area (TPSA) is 537 Å². The highest BCUT2D eigenvalue weighted by atomic mass is 35.5. The molecule has 6 heterocycles. The average Bonchev–Trinajstić information content (AvgIpc) is 0.733. The number of carboxylic acid groups (broad SMARTS) is 1. The van der Waals surface area contributed by atoms with Gasteiger partial charge in [0.25, 0.3) is 0 Å². The molecule has 612 valence electrons. The Kier molecular flexibility index (Phi) is 26.5. The molecule has 21 N–H and O–H groups in total. The molecule has 6 aliphatic heterocycles. The van der Waals surface area contributed by atoms with Crippen LogP contribution in [0.5, 0.6) is 51.7 Å². The lowest BCUT2D eigenvalue weighted by Gasteiger charge is -2.58. The van der Waals surface area contributed by atoms with Crippen molar-refractivity contribution in [1.29, 1.82) is 0 Å². The molecule has 7 amide bonds. The van der Waals surface area contributed by atoms with Crippen LogP contribution in [0.25, 0.3) is 11.1 Å². The number of nitrogens with two attached hydrogens (primary N) is 1. The number of aliphatic hydroxyl groups excluding tert-OH is 7. The first-order chi connectivity index (χ1) is 54.1. The number of primary amides is 1. The van der Waals surface area contributed by atoms with Gasteiger partial charge >= 0.3 is 5.97 Å². The molecule has 1 saturated carbocycles. The van der Waals surface area contributed by atoms with Gasteiger partial charge in [-0.05, 0) is 132 Å². The van der Waals surface area contributed by atoms with Gasteiger partial charge < -0.3 is 133 Å². The summed E-state index contributed by atoms with van der Waals surface area (Å²) in [5.41, 5.74) is 2.33. The van der Waals surface area contributed by atoms with Crippen molar-refractivity contribution >= 4 is 70.5 Å². The summed E-state index contributed by atoms with van der Waals surface area (Å²) in [4.78, 5) is 118. The number of aliphatic carboxylic acids is 1. The number of benzene rings is 6. The molecular weight excluding hydrogens is 1530 g/mol. The normalized spacial score (nSPS) is 27.5. The second-order valence-electron chi connectivity index (χ2n) is 29.3. The van der Waals surface area contributed by atoms with Crippen LogP contribution in [0.1, 0.15) is 130 Å². The number of carbonyl (C=O) groups is 8. The van der Waals surface area contributed by atoms with E-state index >= 15 is 14.4 Å². The Balaban J connectivity index is 1.11. The number of likely N-dealkylation sites (N-methyl/N-ethyl adjacent to an activating group) is 1. The van der Waals surface area contributed by atoms with E-state index in [4.69, 9.17) is 57.4 Å². The van der Waals surface area contributed by atoms with E-state index in [0.29, 0.717) is 12.4 Å². The lowest BCUT2D eigenvalue weighted by atomic mass is 9.56. The van der Waals surface area contributed by atoms with Crippen LogP contribution in [-0.4, -0.2) is 197 Å². The number of ether oxygens (including phenoxy) is 6. The van der Waals surface area contributed by atoms with Crippen molar-refractivity contribution in [2.24, 2.45) is 23.5 Å². The van der Waals surface area contributed by atoms with E-state index in [1.165, 1.54) is 19.2 Å². The minimum absolute atomic E-state index is 0.110. The summed E-state index contributed by atoms with van der Waals surface area (Å²) >= 11 is 14.3. The lowest BCUT2D eigenvalue weighted by molar-refractivity contribution is -0.317. The zero-order valence-corrected chi connectivity index (χ0v) is 63.9. The minimum atomic E-state index is -2.38. The number of phenolic OH excluding ortho intramolecular Hbond substituents is 3. The molecule has 2 fully saturated rings. The number of aliphatic hydroxyl groups is 7. The van der Waals surface area contributed by atoms with E-state index in [-0.39, 0.29) is 58.2 Å². The summed E-state index contributed by atoms with van der Waals surface area (Å²) in [7, 11) is 1.47. The number of halogens is 2. The van der Waals surface area contributed by atoms with Crippen LogP contribution in [0, 0.1) is 17.8 Å². The van der Waals surface area contributed by atoms with E-state index < -0.39 is 237 Å². The SMILES string of the molecule is CCCCOc1ccc(CNC2(C[C@@H](O)O[C@@H]3C(O)C(O)[C@@H](CO)O[C@H]3Oc3c4cc5cc3Oc3ccc(cc3Cl)[C@@H](O)[C@@H](NC(=O)[C@@H](CC(C)C)NC)C(=O)N[C@@H](CC(N)=O)C(=O)N[C@H]5C(=O)N[C@@H]3C(=O)N[C@H](C(=O)N[C@H](C(=O)O)c5cc(O)cc(O)c5-c5cc3ccc5O)[C@H](O)c3ccc(c(Cl)c3)O4)C(C)[C@@H](C)[C@@H]2O)cc1. The summed E-state index contributed by atoms with van der Waals surface area (Å²) in [6.07, 6.45) is -17.0. The molecule has 19 atom stereocenters. The van der Waals surface area contributed by atoms with Crippen LogP contribution in [0.3, 0.4) is 0 Å². The molecule has 34 nitrogen and oxygen atoms in total. The van der Waals surface area contributed by atoms with Gasteiger partial charge in [0.05, 0.1) is 47.4 Å².